The second-order valence-electron chi connectivity index (χ2n) is 7.82. The van der Waals surface area contributed by atoms with Crippen molar-refractivity contribution < 1.29 is 9.18 Å². The van der Waals surface area contributed by atoms with Crippen molar-refractivity contribution in [2.75, 3.05) is 12.3 Å². The minimum Gasteiger partial charge on any atom is -0.368 e. The average Bonchev–Trinajstić information content (AvgIpc) is 3.42. The Labute approximate surface area is 178 Å². The largest absolute Gasteiger partial charge is 0.368 e. The summed E-state index contributed by atoms with van der Waals surface area (Å²) in [7, 11) is 0. The van der Waals surface area contributed by atoms with Gasteiger partial charge in [-0.25, -0.2) is 14.4 Å². The van der Waals surface area contributed by atoms with Gasteiger partial charge < -0.3 is 15.6 Å². The van der Waals surface area contributed by atoms with Crippen LogP contribution in [0.1, 0.15) is 30.1 Å². The number of nitrogens with one attached hydrogen (secondary N) is 1. The summed E-state index contributed by atoms with van der Waals surface area (Å²) in [5.74, 6) is -0.0932. The van der Waals surface area contributed by atoms with Gasteiger partial charge in [0.15, 0.2) is 0 Å². The van der Waals surface area contributed by atoms with Crippen LogP contribution in [0.2, 0.25) is 0 Å². The molecule has 0 aliphatic carbocycles. The number of fused-ring (bicyclic) bond motifs is 1. The van der Waals surface area contributed by atoms with E-state index in [9.17, 15) is 9.18 Å². The third kappa shape index (κ3) is 3.63. The molecule has 1 aliphatic heterocycles. The first-order chi connectivity index (χ1) is 15.1. The Balaban J connectivity index is 1.47. The molecule has 1 saturated heterocycles. The van der Waals surface area contributed by atoms with Crippen molar-refractivity contribution in [1.29, 1.82) is 0 Å². The van der Waals surface area contributed by atoms with E-state index in [2.05, 4.69) is 15.0 Å². The lowest BCUT2D eigenvalue weighted by molar-refractivity contribution is -0.131. The van der Waals surface area contributed by atoms with Crippen LogP contribution in [-0.2, 0) is 11.2 Å². The second-order valence-corrected chi connectivity index (χ2v) is 7.82. The number of hydrogen-bond acceptors (Lipinski definition) is 4. The minimum atomic E-state index is -0.307. The van der Waals surface area contributed by atoms with Crippen LogP contribution in [0.3, 0.4) is 0 Å². The van der Waals surface area contributed by atoms with Crippen molar-refractivity contribution in [2.45, 2.75) is 25.3 Å². The summed E-state index contributed by atoms with van der Waals surface area (Å²) in [6.07, 6.45) is 5.56. The van der Waals surface area contributed by atoms with Gasteiger partial charge in [-0.05, 0) is 42.2 Å². The van der Waals surface area contributed by atoms with Crippen LogP contribution in [0.25, 0.3) is 22.0 Å². The number of amides is 1. The number of halogens is 1. The number of aromatic nitrogens is 3. The molecule has 0 spiro atoms. The quantitative estimate of drug-likeness (QED) is 0.522. The molecule has 5 rings (SSSR count). The summed E-state index contributed by atoms with van der Waals surface area (Å²) in [4.78, 5) is 27.1. The zero-order valence-corrected chi connectivity index (χ0v) is 16.9. The Hall–Kier alpha value is -3.74. The minimum absolute atomic E-state index is 0.0505. The molecule has 1 amide bonds. The first kappa shape index (κ1) is 19.2. The molecular weight excluding hydrogens is 393 g/mol. The van der Waals surface area contributed by atoms with E-state index in [1.807, 2.05) is 35.4 Å². The van der Waals surface area contributed by atoms with Gasteiger partial charge in [-0.1, -0.05) is 30.3 Å². The monoisotopic (exact) mass is 415 g/mol. The summed E-state index contributed by atoms with van der Waals surface area (Å²) in [5.41, 5.74) is 10.2. The molecule has 31 heavy (non-hydrogen) atoms. The van der Waals surface area contributed by atoms with Crippen LogP contribution >= 0.6 is 0 Å². The molecule has 0 saturated carbocycles. The van der Waals surface area contributed by atoms with Gasteiger partial charge in [0, 0.05) is 35.4 Å². The third-order valence-corrected chi connectivity index (χ3v) is 5.90. The lowest BCUT2D eigenvalue weighted by Crippen LogP contribution is -2.32. The molecule has 1 fully saturated rings. The molecule has 156 valence electrons. The number of hydrogen-bond donors (Lipinski definition) is 2. The molecule has 0 bridgehead atoms. The van der Waals surface area contributed by atoms with Gasteiger partial charge in [0.2, 0.25) is 11.9 Å². The number of aromatic amines is 1. The van der Waals surface area contributed by atoms with Crippen LogP contribution in [-0.4, -0.2) is 32.3 Å². The maximum Gasteiger partial charge on any atom is 0.227 e. The molecule has 0 radical (unpaired) electrons. The van der Waals surface area contributed by atoms with Crippen molar-refractivity contribution >= 4 is 22.8 Å². The van der Waals surface area contributed by atoms with E-state index >= 15 is 0 Å². The summed E-state index contributed by atoms with van der Waals surface area (Å²) in [6, 6.07) is 14.0. The predicted octanol–water partition coefficient (Wildman–Crippen LogP) is 4.25. The molecular formula is C24H22FN5O. The number of nitrogens with two attached hydrogens (primary N) is 1. The van der Waals surface area contributed by atoms with Crippen molar-refractivity contribution in [3.8, 4) is 11.1 Å². The second kappa shape index (κ2) is 7.83. The number of carbonyl (C=O) groups is 1. The highest BCUT2D eigenvalue weighted by molar-refractivity contribution is 5.89. The zero-order valence-electron chi connectivity index (χ0n) is 16.9. The van der Waals surface area contributed by atoms with Crippen LogP contribution < -0.4 is 5.73 Å². The van der Waals surface area contributed by atoms with Crippen LogP contribution in [0, 0.1) is 5.82 Å². The standard InChI is InChI=1S/C24H22FN5O/c25-17-9-7-15(8-10-17)19-14-28-24(26)29-23(19)21-6-3-11-30(21)22(31)12-16-13-27-20-5-2-1-4-18(16)20/h1-2,4-5,7-10,13-14,21,27H,3,6,11-12H2,(H2,26,28,29)/t21-/m1/s1. The van der Waals surface area contributed by atoms with Crippen LogP contribution in [0.15, 0.2) is 60.9 Å². The number of benzene rings is 2. The topological polar surface area (TPSA) is 87.9 Å². The first-order valence-electron chi connectivity index (χ1n) is 10.3. The Bertz CT molecular complexity index is 1250. The van der Waals surface area contributed by atoms with Gasteiger partial charge in [-0.15, -0.1) is 0 Å². The predicted molar refractivity (Wildman–Crippen MR) is 118 cm³/mol. The Morgan fingerprint density at radius 3 is 2.84 bits per heavy atom. The Morgan fingerprint density at radius 1 is 1.19 bits per heavy atom. The van der Waals surface area contributed by atoms with Crippen molar-refractivity contribution in [1.82, 2.24) is 19.9 Å². The van der Waals surface area contributed by atoms with E-state index in [-0.39, 0.29) is 23.7 Å². The number of nitrogens with zero attached hydrogens (tertiary/aromatic N) is 3. The fourth-order valence-electron chi connectivity index (χ4n) is 4.41. The van der Waals surface area contributed by atoms with Gasteiger partial charge in [0.1, 0.15) is 5.82 Å². The van der Waals surface area contributed by atoms with Crippen LogP contribution in [0.5, 0.6) is 0 Å². The molecule has 3 heterocycles. The van der Waals surface area contributed by atoms with Gasteiger partial charge in [-0.2, -0.15) is 0 Å². The molecule has 6 nitrogen and oxygen atoms in total. The zero-order chi connectivity index (χ0) is 21.4. The van der Waals surface area contributed by atoms with E-state index < -0.39 is 0 Å². The molecule has 2 aromatic heterocycles. The molecule has 1 atom stereocenters. The third-order valence-electron chi connectivity index (χ3n) is 5.90. The van der Waals surface area contributed by atoms with Crippen LogP contribution in [0.4, 0.5) is 10.3 Å². The Morgan fingerprint density at radius 2 is 2.00 bits per heavy atom. The SMILES string of the molecule is Nc1ncc(-c2ccc(F)cc2)c([C@H]2CCCN2C(=O)Cc2c[nH]c3ccccc23)n1. The number of rotatable bonds is 4. The number of nitrogen functional groups attached to an aromatic ring is 1. The van der Waals surface area contributed by atoms with Crippen molar-refractivity contribution in [2.24, 2.45) is 0 Å². The first-order valence-corrected chi connectivity index (χ1v) is 10.3. The summed E-state index contributed by atoms with van der Waals surface area (Å²) >= 11 is 0. The fraction of sp³-hybridized carbons (Fsp3) is 0.208. The van der Waals surface area contributed by atoms with Crippen molar-refractivity contribution in [3.63, 3.8) is 0 Å². The maximum atomic E-state index is 13.4. The molecule has 4 aromatic rings. The van der Waals surface area contributed by atoms with Gasteiger partial charge in [0.25, 0.3) is 0 Å². The lowest BCUT2D eigenvalue weighted by Gasteiger charge is -2.26. The number of likely N-dealkylation sites (tertiary alicyclic amines) is 1. The van der Waals surface area contributed by atoms with Gasteiger partial charge in [0.05, 0.1) is 18.2 Å². The molecule has 1 aliphatic rings. The van der Waals surface area contributed by atoms with E-state index in [1.165, 1.54) is 12.1 Å². The smallest absolute Gasteiger partial charge is 0.227 e. The lowest BCUT2D eigenvalue weighted by atomic mass is 9.99. The Kier molecular flexibility index (Phi) is 4.86. The summed E-state index contributed by atoms with van der Waals surface area (Å²) < 4.78 is 13.4. The molecule has 3 N–H and O–H groups in total. The normalized spacial score (nSPS) is 16.2. The highest BCUT2D eigenvalue weighted by atomic mass is 19.1. The summed E-state index contributed by atoms with van der Waals surface area (Å²) in [5, 5.41) is 1.06. The maximum absolute atomic E-state index is 13.4. The van der Waals surface area contributed by atoms with E-state index in [4.69, 9.17) is 5.73 Å². The molecule has 0 unspecified atom stereocenters. The molecule has 7 heteroatoms. The highest BCUT2D eigenvalue weighted by Crippen LogP contribution is 2.37. The number of anilines is 1. The van der Waals surface area contributed by atoms with Gasteiger partial charge >= 0.3 is 0 Å². The number of carbonyl (C=O) groups excluding carboxylic acids is 1. The van der Waals surface area contributed by atoms with E-state index in [0.29, 0.717) is 18.7 Å². The number of para-hydroxylation sites is 1. The van der Waals surface area contributed by atoms with Crippen molar-refractivity contribution in [3.05, 3.63) is 78.0 Å². The molecule has 2 aromatic carbocycles. The fourth-order valence-corrected chi connectivity index (χ4v) is 4.41. The van der Waals surface area contributed by atoms with E-state index in [1.54, 1.807) is 18.3 Å². The van der Waals surface area contributed by atoms with Gasteiger partial charge in [-0.3, -0.25) is 4.79 Å². The highest BCUT2D eigenvalue weighted by Gasteiger charge is 2.33. The number of H-pyrrole nitrogens is 1. The van der Waals surface area contributed by atoms with E-state index in [0.717, 1.165) is 40.4 Å². The average molecular weight is 415 g/mol. The summed E-state index contributed by atoms with van der Waals surface area (Å²) in [6.45, 7) is 0.665.